The Morgan fingerprint density at radius 2 is 1.61 bits per heavy atom. The summed E-state index contributed by atoms with van der Waals surface area (Å²) in [6.07, 6.45) is 3.29. The number of likely N-dealkylation sites (N-methyl/N-ethyl adjacent to an activating group) is 1. The van der Waals surface area contributed by atoms with Crippen molar-refractivity contribution in [2.24, 2.45) is 5.92 Å². The molecule has 0 saturated heterocycles. The number of alkyl carbamates (subject to hydrolysis) is 1. The van der Waals surface area contributed by atoms with E-state index in [2.05, 4.69) is 29.6 Å². The van der Waals surface area contributed by atoms with Crippen LogP contribution >= 0.6 is 0 Å². The van der Waals surface area contributed by atoms with Crippen LogP contribution in [0.5, 0.6) is 0 Å². The number of rotatable bonds is 6. The average molecular weight is 449 g/mol. The first-order valence-corrected chi connectivity index (χ1v) is 11.0. The molecule has 0 aliphatic heterocycles. The number of carbonyl (C=O) groups is 3. The van der Waals surface area contributed by atoms with Gasteiger partial charge in [-0.3, -0.25) is 4.79 Å². The Hall–Kier alpha value is -3.61. The molecule has 2 unspecified atom stereocenters. The lowest BCUT2D eigenvalue weighted by Gasteiger charge is -2.33. The third-order valence-electron chi connectivity index (χ3n) is 6.74. The Labute approximate surface area is 193 Å². The van der Waals surface area contributed by atoms with Crippen LogP contribution in [-0.4, -0.2) is 53.2 Å². The third-order valence-corrected chi connectivity index (χ3v) is 6.74. The van der Waals surface area contributed by atoms with Crippen molar-refractivity contribution >= 4 is 18.0 Å². The molecule has 0 aromatic heterocycles. The van der Waals surface area contributed by atoms with Crippen LogP contribution < -0.4 is 5.32 Å². The SMILES string of the molecule is CN(C(=O)C1C=CC(NC(=O)OCC2c3ccccc3-c3ccccc32)C1)C(C)(C)C(=O)O. The van der Waals surface area contributed by atoms with E-state index in [1.807, 2.05) is 24.3 Å². The minimum atomic E-state index is -1.32. The summed E-state index contributed by atoms with van der Waals surface area (Å²) in [5, 5.41) is 12.2. The second-order valence-electron chi connectivity index (χ2n) is 9.06. The number of amides is 2. The zero-order valence-electron chi connectivity index (χ0n) is 18.9. The van der Waals surface area contributed by atoms with E-state index in [4.69, 9.17) is 4.74 Å². The van der Waals surface area contributed by atoms with Crippen molar-refractivity contribution in [3.05, 3.63) is 71.8 Å². The standard InChI is InChI=1S/C26H28N2O5/c1-26(2,24(30)31)28(3)23(29)16-12-13-17(14-16)27-25(32)33-15-22-20-10-6-4-8-18(20)19-9-5-7-11-21(19)22/h4-13,16-17,22H,14-15H2,1-3H3,(H,27,32)(H,30,31). The number of carboxylic acids is 1. The highest BCUT2D eigenvalue weighted by Crippen LogP contribution is 2.44. The molecule has 2 amide bonds. The van der Waals surface area contributed by atoms with Crippen LogP contribution in [0.15, 0.2) is 60.7 Å². The van der Waals surface area contributed by atoms with E-state index in [-0.39, 0.29) is 24.5 Å². The molecule has 2 aliphatic carbocycles. The first-order chi connectivity index (χ1) is 15.7. The summed E-state index contributed by atoms with van der Waals surface area (Å²) in [5.74, 6) is -1.89. The molecule has 2 atom stereocenters. The molecule has 0 heterocycles. The number of nitrogens with zero attached hydrogens (tertiary/aromatic N) is 1. The molecule has 7 heteroatoms. The average Bonchev–Trinajstić information content (AvgIpc) is 3.39. The molecule has 0 saturated carbocycles. The van der Waals surface area contributed by atoms with E-state index in [0.717, 1.165) is 22.3 Å². The molecule has 7 nitrogen and oxygen atoms in total. The normalized spacial score (nSPS) is 19.0. The number of carboxylic acid groups (broad SMARTS) is 1. The van der Waals surface area contributed by atoms with Crippen molar-refractivity contribution in [2.45, 2.75) is 37.8 Å². The Morgan fingerprint density at radius 3 is 2.18 bits per heavy atom. The fraction of sp³-hybridized carbons (Fsp3) is 0.346. The maximum Gasteiger partial charge on any atom is 0.407 e. The van der Waals surface area contributed by atoms with Crippen molar-refractivity contribution in [3.63, 3.8) is 0 Å². The summed E-state index contributed by atoms with van der Waals surface area (Å²) in [7, 11) is 1.48. The van der Waals surface area contributed by atoms with Crippen LogP contribution in [0.2, 0.25) is 0 Å². The quantitative estimate of drug-likeness (QED) is 0.656. The van der Waals surface area contributed by atoms with E-state index in [1.54, 1.807) is 12.2 Å². The van der Waals surface area contributed by atoms with E-state index in [9.17, 15) is 19.5 Å². The Bertz CT molecular complexity index is 1080. The fourth-order valence-electron chi connectivity index (χ4n) is 4.45. The zero-order valence-corrected chi connectivity index (χ0v) is 18.9. The molecule has 2 aliphatic rings. The lowest BCUT2D eigenvalue weighted by Crippen LogP contribution is -2.52. The predicted octanol–water partition coefficient (Wildman–Crippen LogP) is 3.79. The number of hydrogen-bond donors (Lipinski definition) is 2. The molecule has 0 fully saturated rings. The van der Waals surface area contributed by atoms with Gasteiger partial charge in [-0.05, 0) is 42.5 Å². The van der Waals surface area contributed by atoms with Gasteiger partial charge in [0.05, 0.1) is 12.0 Å². The van der Waals surface area contributed by atoms with Crippen LogP contribution in [0.1, 0.15) is 37.3 Å². The molecule has 2 aromatic rings. The number of carbonyl (C=O) groups excluding carboxylic acids is 2. The van der Waals surface area contributed by atoms with Crippen molar-refractivity contribution in [1.82, 2.24) is 10.2 Å². The van der Waals surface area contributed by atoms with E-state index >= 15 is 0 Å². The first kappa shape index (κ1) is 22.6. The van der Waals surface area contributed by atoms with E-state index < -0.39 is 23.5 Å². The van der Waals surface area contributed by atoms with Gasteiger partial charge in [-0.15, -0.1) is 0 Å². The smallest absolute Gasteiger partial charge is 0.407 e. The minimum absolute atomic E-state index is 0.0245. The van der Waals surface area contributed by atoms with Crippen LogP contribution in [0.3, 0.4) is 0 Å². The van der Waals surface area contributed by atoms with Gasteiger partial charge < -0.3 is 20.1 Å². The highest BCUT2D eigenvalue weighted by molar-refractivity contribution is 5.88. The monoisotopic (exact) mass is 448 g/mol. The summed E-state index contributed by atoms with van der Waals surface area (Å²) in [4.78, 5) is 37.9. The second kappa shape index (κ2) is 8.73. The summed E-state index contributed by atoms with van der Waals surface area (Å²) in [6, 6.07) is 15.9. The van der Waals surface area contributed by atoms with E-state index in [1.165, 1.54) is 25.8 Å². The molecule has 2 aromatic carbocycles. The maximum absolute atomic E-state index is 12.7. The third kappa shape index (κ3) is 4.23. The highest BCUT2D eigenvalue weighted by Gasteiger charge is 2.39. The first-order valence-electron chi connectivity index (χ1n) is 11.0. The lowest BCUT2D eigenvalue weighted by molar-refractivity contribution is -0.156. The molecule has 2 N–H and O–H groups in total. The van der Waals surface area contributed by atoms with Crippen LogP contribution in [0.25, 0.3) is 11.1 Å². The summed E-state index contributed by atoms with van der Waals surface area (Å²) >= 11 is 0. The van der Waals surface area contributed by atoms with Gasteiger partial charge in [0.1, 0.15) is 12.1 Å². The number of benzene rings is 2. The van der Waals surface area contributed by atoms with Crippen LogP contribution in [0, 0.1) is 5.92 Å². The van der Waals surface area contributed by atoms with Gasteiger partial charge in [-0.2, -0.15) is 0 Å². The van der Waals surface area contributed by atoms with Gasteiger partial charge in [0.25, 0.3) is 0 Å². The number of fused-ring (bicyclic) bond motifs is 3. The molecular weight excluding hydrogens is 420 g/mol. The molecule has 4 rings (SSSR count). The molecule has 0 spiro atoms. The minimum Gasteiger partial charge on any atom is -0.480 e. The number of ether oxygens (including phenoxy) is 1. The van der Waals surface area contributed by atoms with Crippen LogP contribution in [0.4, 0.5) is 4.79 Å². The van der Waals surface area contributed by atoms with Crippen molar-refractivity contribution in [1.29, 1.82) is 0 Å². The van der Waals surface area contributed by atoms with Crippen molar-refractivity contribution in [3.8, 4) is 11.1 Å². The number of nitrogens with one attached hydrogen (secondary N) is 1. The van der Waals surface area contributed by atoms with Gasteiger partial charge >= 0.3 is 12.1 Å². The zero-order chi connectivity index (χ0) is 23.8. The Balaban J connectivity index is 1.33. The van der Waals surface area contributed by atoms with Crippen molar-refractivity contribution in [2.75, 3.05) is 13.7 Å². The van der Waals surface area contributed by atoms with Gasteiger partial charge in [0, 0.05) is 13.0 Å². The fourth-order valence-corrected chi connectivity index (χ4v) is 4.45. The van der Waals surface area contributed by atoms with E-state index in [0.29, 0.717) is 6.42 Å². The Kier molecular flexibility index (Phi) is 5.97. The van der Waals surface area contributed by atoms with Crippen LogP contribution in [-0.2, 0) is 14.3 Å². The van der Waals surface area contributed by atoms with Crippen molar-refractivity contribution < 1.29 is 24.2 Å². The summed E-state index contributed by atoms with van der Waals surface area (Å²) in [6.45, 7) is 3.19. The molecular formula is C26H28N2O5. The Morgan fingerprint density at radius 1 is 1.03 bits per heavy atom. The number of hydrogen-bond acceptors (Lipinski definition) is 4. The van der Waals surface area contributed by atoms with Gasteiger partial charge in [-0.25, -0.2) is 9.59 Å². The molecule has 0 radical (unpaired) electrons. The highest BCUT2D eigenvalue weighted by atomic mass is 16.5. The maximum atomic E-state index is 12.7. The van der Waals surface area contributed by atoms with Gasteiger partial charge in [0.2, 0.25) is 5.91 Å². The molecule has 172 valence electrons. The topological polar surface area (TPSA) is 95.9 Å². The molecule has 33 heavy (non-hydrogen) atoms. The summed E-state index contributed by atoms with van der Waals surface area (Å²) < 4.78 is 5.57. The second-order valence-corrected chi connectivity index (χ2v) is 9.06. The largest absolute Gasteiger partial charge is 0.480 e. The van der Waals surface area contributed by atoms with Gasteiger partial charge in [-0.1, -0.05) is 60.7 Å². The van der Waals surface area contributed by atoms with Gasteiger partial charge in [0.15, 0.2) is 0 Å². The summed E-state index contributed by atoms with van der Waals surface area (Å²) in [5.41, 5.74) is 3.29. The predicted molar refractivity (Wildman–Crippen MR) is 124 cm³/mol. The number of aliphatic carboxylic acids is 1. The lowest BCUT2D eigenvalue weighted by atomic mass is 9.98. The molecule has 0 bridgehead atoms.